The second-order valence-electron chi connectivity index (χ2n) is 8.02. The number of sulfone groups is 1. The SMILES string of the molecule is Cc1cc(C)cc(NC(=O)CN2C(=O)C[C@H](c3ccccc3)S(=O)(=O)c3ccccc32)c1. The van der Waals surface area contributed by atoms with Crippen molar-refractivity contribution < 1.29 is 18.0 Å². The van der Waals surface area contributed by atoms with E-state index in [2.05, 4.69) is 5.32 Å². The number of carbonyl (C=O) groups excluding carboxylic acids is 2. The van der Waals surface area contributed by atoms with Gasteiger partial charge in [0.05, 0.1) is 15.8 Å². The zero-order chi connectivity index (χ0) is 22.9. The second-order valence-corrected chi connectivity index (χ2v) is 10.1. The van der Waals surface area contributed by atoms with Gasteiger partial charge in [-0.1, -0.05) is 48.5 Å². The predicted octanol–water partition coefficient (Wildman–Crippen LogP) is 4.19. The van der Waals surface area contributed by atoms with E-state index < -0.39 is 26.9 Å². The maximum atomic E-state index is 13.5. The molecule has 32 heavy (non-hydrogen) atoms. The molecule has 1 aliphatic heterocycles. The van der Waals surface area contributed by atoms with Gasteiger partial charge in [0.1, 0.15) is 6.54 Å². The molecule has 0 unspecified atom stereocenters. The number of anilines is 2. The smallest absolute Gasteiger partial charge is 0.244 e. The van der Waals surface area contributed by atoms with Gasteiger partial charge in [0, 0.05) is 12.1 Å². The van der Waals surface area contributed by atoms with Crippen molar-refractivity contribution >= 4 is 33.0 Å². The fourth-order valence-electron chi connectivity index (χ4n) is 4.12. The van der Waals surface area contributed by atoms with Crippen molar-refractivity contribution in [3.05, 3.63) is 89.5 Å². The highest BCUT2D eigenvalue weighted by atomic mass is 32.2. The van der Waals surface area contributed by atoms with Crippen molar-refractivity contribution in [1.29, 1.82) is 0 Å². The molecular weight excluding hydrogens is 424 g/mol. The Hall–Kier alpha value is -3.45. The maximum Gasteiger partial charge on any atom is 0.244 e. The Kier molecular flexibility index (Phi) is 5.84. The number of aryl methyl sites for hydroxylation is 2. The predicted molar refractivity (Wildman–Crippen MR) is 124 cm³/mol. The number of hydrogen-bond donors (Lipinski definition) is 1. The first-order chi connectivity index (χ1) is 15.3. The minimum Gasteiger partial charge on any atom is -0.325 e. The number of nitrogens with one attached hydrogen (secondary N) is 1. The summed E-state index contributed by atoms with van der Waals surface area (Å²) in [6.45, 7) is 3.59. The van der Waals surface area contributed by atoms with E-state index in [1.807, 2.05) is 32.0 Å². The lowest BCUT2D eigenvalue weighted by molar-refractivity contribution is -0.121. The Balaban J connectivity index is 1.69. The third-order valence-electron chi connectivity index (χ3n) is 5.48. The fraction of sp³-hybridized carbons (Fsp3) is 0.200. The van der Waals surface area contributed by atoms with E-state index in [1.165, 1.54) is 11.0 Å². The van der Waals surface area contributed by atoms with Crippen molar-refractivity contribution in [2.45, 2.75) is 30.4 Å². The average Bonchev–Trinajstić information content (AvgIpc) is 2.82. The molecule has 6 nitrogen and oxygen atoms in total. The summed E-state index contributed by atoms with van der Waals surface area (Å²) >= 11 is 0. The molecule has 1 aliphatic rings. The lowest BCUT2D eigenvalue weighted by Gasteiger charge is -2.22. The summed E-state index contributed by atoms with van der Waals surface area (Å²) in [7, 11) is -3.84. The highest BCUT2D eigenvalue weighted by molar-refractivity contribution is 7.92. The third kappa shape index (κ3) is 4.29. The molecule has 4 rings (SSSR count). The molecule has 164 valence electrons. The number of hydrogen-bond acceptors (Lipinski definition) is 4. The van der Waals surface area contributed by atoms with E-state index in [1.54, 1.807) is 48.5 Å². The van der Waals surface area contributed by atoms with Gasteiger partial charge >= 0.3 is 0 Å². The van der Waals surface area contributed by atoms with Crippen molar-refractivity contribution in [1.82, 2.24) is 0 Å². The third-order valence-corrected chi connectivity index (χ3v) is 7.62. The lowest BCUT2D eigenvalue weighted by atomic mass is 10.1. The van der Waals surface area contributed by atoms with Crippen molar-refractivity contribution in [3.8, 4) is 0 Å². The first-order valence-electron chi connectivity index (χ1n) is 10.3. The molecule has 3 aromatic rings. The minimum atomic E-state index is -3.84. The summed E-state index contributed by atoms with van der Waals surface area (Å²) < 4.78 is 27.0. The van der Waals surface area contributed by atoms with Gasteiger partial charge in [-0.25, -0.2) is 8.42 Å². The Morgan fingerprint density at radius 3 is 2.28 bits per heavy atom. The van der Waals surface area contributed by atoms with E-state index in [0.29, 0.717) is 11.3 Å². The molecular formula is C25H24N2O4S. The van der Waals surface area contributed by atoms with Crippen LogP contribution >= 0.6 is 0 Å². The minimum absolute atomic E-state index is 0.0545. The first kappa shape index (κ1) is 21.8. The van der Waals surface area contributed by atoms with E-state index in [4.69, 9.17) is 0 Å². The van der Waals surface area contributed by atoms with Gasteiger partial charge in [-0.05, 0) is 54.8 Å². The summed E-state index contributed by atoms with van der Waals surface area (Å²) in [6, 6.07) is 20.8. The number of carbonyl (C=O) groups is 2. The van der Waals surface area contributed by atoms with Crippen molar-refractivity contribution in [2.75, 3.05) is 16.8 Å². The van der Waals surface area contributed by atoms with Crippen LogP contribution < -0.4 is 10.2 Å². The maximum absolute atomic E-state index is 13.5. The monoisotopic (exact) mass is 448 g/mol. The van der Waals surface area contributed by atoms with Crippen molar-refractivity contribution in [3.63, 3.8) is 0 Å². The van der Waals surface area contributed by atoms with Crippen LogP contribution in [-0.4, -0.2) is 26.8 Å². The van der Waals surface area contributed by atoms with Gasteiger partial charge < -0.3 is 10.2 Å². The Morgan fingerprint density at radius 1 is 0.969 bits per heavy atom. The molecule has 0 spiro atoms. The van der Waals surface area contributed by atoms with Gasteiger partial charge in [0.25, 0.3) is 0 Å². The fourth-order valence-corrected chi connectivity index (χ4v) is 6.04. The molecule has 0 aliphatic carbocycles. The molecule has 1 atom stereocenters. The summed E-state index contributed by atoms with van der Waals surface area (Å²) in [5.41, 5.74) is 3.43. The molecule has 0 saturated heterocycles. The first-order valence-corrected chi connectivity index (χ1v) is 11.9. The van der Waals surface area contributed by atoms with Crippen LogP contribution in [0.1, 0.15) is 28.4 Å². The van der Waals surface area contributed by atoms with Gasteiger partial charge in [0.15, 0.2) is 9.84 Å². The van der Waals surface area contributed by atoms with Gasteiger partial charge in [-0.3, -0.25) is 9.59 Å². The topological polar surface area (TPSA) is 83.6 Å². The van der Waals surface area contributed by atoms with Crippen LogP contribution in [-0.2, 0) is 19.4 Å². The van der Waals surface area contributed by atoms with E-state index in [0.717, 1.165) is 11.1 Å². The van der Waals surface area contributed by atoms with Crippen LogP contribution in [0.3, 0.4) is 0 Å². The quantitative estimate of drug-likeness (QED) is 0.649. The normalized spacial score (nSPS) is 17.4. The van der Waals surface area contributed by atoms with Gasteiger partial charge in [0.2, 0.25) is 11.8 Å². The number of amides is 2. The molecule has 0 bridgehead atoms. The van der Waals surface area contributed by atoms with E-state index in [9.17, 15) is 18.0 Å². The van der Waals surface area contributed by atoms with Crippen LogP contribution in [0.5, 0.6) is 0 Å². The number of fused-ring (bicyclic) bond motifs is 1. The molecule has 7 heteroatoms. The van der Waals surface area contributed by atoms with Gasteiger partial charge in [-0.2, -0.15) is 0 Å². The van der Waals surface area contributed by atoms with Crippen LogP contribution in [0, 0.1) is 13.8 Å². The molecule has 0 radical (unpaired) electrons. The summed E-state index contributed by atoms with van der Waals surface area (Å²) in [6.07, 6.45) is -0.238. The highest BCUT2D eigenvalue weighted by Gasteiger charge is 2.39. The van der Waals surface area contributed by atoms with Gasteiger partial charge in [-0.15, -0.1) is 0 Å². The summed E-state index contributed by atoms with van der Waals surface area (Å²) in [5, 5.41) is 1.81. The van der Waals surface area contributed by atoms with Crippen LogP contribution in [0.2, 0.25) is 0 Å². The number of para-hydroxylation sites is 1. The summed E-state index contributed by atoms with van der Waals surface area (Å²) in [5.74, 6) is -0.809. The highest BCUT2D eigenvalue weighted by Crippen LogP contribution is 2.40. The molecule has 1 N–H and O–H groups in total. The lowest BCUT2D eigenvalue weighted by Crippen LogP contribution is -2.38. The Morgan fingerprint density at radius 2 is 1.59 bits per heavy atom. The van der Waals surface area contributed by atoms with E-state index >= 15 is 0 Å². The molecule has 3 aromatic carbocycles. The second kappa shape index (κ2) is 8.59. The van der Waals surface area contributed by atoms with Crippen LogP contribution in [0.4, 0.5) is 11.4 Å². The molecule has 0 saturated carbocycles. The molecule has 2 amide bonds. The van der Waals surface area contributed by atoms with Crippen LogP contribution in [0.15, 0.2) is 77.7 Å². The standard InChI is InChI=1S/C25H24N2O4S/c1-17-12-18(2)14-20(13-17)26-24(28)16-27-21-10-6-7-11-22(21)32(30,31)23(15-25(27)29)19-8-4-3-5-9-19/h3-14,23H,15-16H2,1-2H3,(H,26,28)/t23-/m1/s1. The van der Waals surface area contributed by atoms with E-state index in [-0.39, 0.29) is 23.5 Å². The largest absolute Gasteiger partial charge is 0.325 e. The molecule has 0 fully saturated rings. The summed E-state index contributed by atoms with van der Waals surface area (Å²) in [4.78, 5) is 27.4. The Bertz CT molecular complexity index is 1270. The zero-order valence-electron chi connectivity index (χ0n) is 17.9. The number of benzene rings is 3. The Labute approximate surface area is 187 Å². The average molecular weight is 449 g/mol. The number of rotatable bonds is 4. The van der Waals surface area contributed by atoms with Crippen molar-refractivity contribution in [2.24, 2.45) is 0 Å². The molecule has 1 heterocycles. The number of nitrogens with zero attached hydrogens (tertiary/aromatic N) is 1. The zero-order valence-corrected chi connectivity index (χ0v) is 18.7. The van der Waals surface area contributed by atoms with Crippen LogP contribution in [0.25, 0.3) is 0 Å². The molecule has 0 aromatic heterocycles.